The molecule has 1 aromatic rings. The average Bonchev–Trinajstić information content (AvgIpc) is 3.36. The maximum Gasteiger partial charge on any atom is 0.238 e. The predicted molar refractivity (Wildman–Crippen MR) is 94.8 cm³/mol. The van der Waals surface area contributed by atoms with Gasteiger partial charge >= 0.3 is 0 Å². The van der Waals surface area contributed by atoms with Crippen LogP contribution in [0.4, 0.5) is 5.69 Å². The first-order valence-electron chi connectivity index (χ1n) is 8.10. The maximum absolute atomic E-state index is 12.5. The number of halogens is 1. The number of anilines is 1. The molecule has 0 atom stereocenters. The van der Waals surface area contributed by atoms with Gasteiger partial charge in [0, 0.05) is 42.9 Å². The molecule has 1 aromatic carbocycles. The van der Waals surface area contributed by atoms with Gasteiger partial charge in [-0.25, -0.2) is 8.42 Å². The molecule has 2 aliphatic rings. The number of carbonyl (C=O) groups excluding carboxylic acids is 1. The molecule has 0 aromatic heterocycles. The van der Waals surface area contributed by atoms with Crippen LogP contribution in [0.1, 0.15) is 12.8 Å². The zero-order chi connectivity index (χ0) is 17.3. The van der Waals surface area contributed by atoms with E-state index in [2.05, 4.69) is 4.90 Å². The summed E-state index contributed by atoms with van der Waals surface area (Å²) >= 11 is 6.03. The van der Waals surface area contributed by atoms with Crippen molar-refractivity contribution in [1.82, 2.24) is 9.21 Å². The molecular formula is C16H22ClN3O3S. The number of hydrogen-bond acceptors (Lipinski definition) is 4. The third-order valence-electron chi connectivity index (χ3n) is 4.48. The van der Waals surface area contributed by atoms with Crippen molar-refractivity contribution in [2.75, 3.05) is 43.9 Å². The monoisotopic (exact) mass is 371 g/mol. The minimum absolute atomic E-state index is 0.0108. The fourth-order valence-corrected chi connectivity index (χ4v) is 4.28. The Morgan fingerprint density at radius 2 is 1.92 bits per heavy atom. The van der Waals surface area contributed by atoms with Crippen molar-refractivity contribution in [2.24, 2.45) is 0 Å². The summed E-state index contributed by atoms with van der Waals surface area (Å²) in [5.41, 5.74) is 1.05. The number of piperazine rings is 1. The molecule has 1 aliphatic heterocycles. The molecular weight excluding hydrogens is 350 g/mol. The van der Waals surface area contributed by atoms with Crippen molar-refractivity contribution in [1.29, 1.82) is 0 Å². The lowest BCUT2D eigenvalue weighted by molar-refractivity contribution is -0.131. The normalized spacial score (nSPS) is 19.0. The Morgan fingerprint density at radius 1 is 1.25 bits per heavy atom. The Morgan fingerprint density at radius 3 is 2.46 bits per heavy atom. The van der Waals surface area contributed by atoms with Crippen molar-refractivity contribution < 1.29 is 13.2 Å². The summed E-state index contributed by atoms with van der Waals surface area (Å²) in [7, 11) is -3.33. The zero-order valence-electron chi connectivity index (χ0n) is 13.7. The molecule has 1 heterocycles. The third kappa shape index (κ3) is 4.20. The van der Waals surface area contributed by atoms with E-state index in [0.717, 1.165) is 18.5 Å². The van der Waals surface area contributed by atoms with E-state index in [4.69, 9.17) is 11.6 Å². The second-order valence-corrected chi connectivity index (χ2v) is 8.76. The first-order chi connectivity index (χ1) is 11.3. The van der Waals surface area contributed by atoms with Crippen molar-refractivity contribution in [3.8, 4) is 0 Å². The highest BCUT2D eigenvalue weighted by atomic mass is 35.5. The molecule has 1 aliphatic carbocycles. The summed E-state index contributed by atoms with van der Waals surface area (Å²) < 4.78 is 25.0. The summed E-state index contributed by atoms with van der Waals surface area (Å²) in [5.74, 6) is -0.113. The van der Waals surface area contributed by atoms with Gasteiger partial charge in [0.1, 0.15) is 0 Å². The largest absolute Gasteiger partial charge is 0.368 e. The summed E-state index contributed by atoms with van der Waals surface area (Å²) in [6.45, 7) is 2.57. The fourth-order valence-electron chi connectivity index (χ4n) is 3.00. The smallest absolute Gasteiger partial charge is 0.238 e. The van der Waals surface area contributed by atoms with Crippen LogP contribution in [-0.2, 0) is 14.8 Å². The van der Waals surface area contributed by atoms with Crippen molar-refractivity contribution in [3.63, 3.8) is 0 Å². The molecule has 24 heavy (non-hydrogen) atoms. The van der Waals surface area contributed by atoms with Crippen LogP contribution in [0.15, 0.2) is 24.3 Å². The SMILES string of the molecule is CS(=O)(=O)N(CC(=O)N1CCN(c2cccc(Cl)c2)CC1)C1CC1. The number of rotatable bonds is 5. The van der Waals surface area contributed by atoms with Crippen molar-refractivity contribution >= 4 is 33.2 Å². The summed E-state index contributed by atoms with van der Waals surface area (Å²) in [6.07, 6.45) is 2.88. The maximum atomic E-state index is 12.5. The standard InChI is InChI=1S/C16H22ClN3O3S/c1-24(22,23)20(14-5-6-14)12-16(21)19-9-7-18(8-10-19)15-4-2-3-13(17)11-15/h2-4,11,14H,5-10,12H2,1H3. The minimum atomic E-state index is -3.33. The molecule has 0 radical (unpaired) electrons. The van der Waals surface area contributed by atoms with E-state index in [9.17, 15) is 13.2 Å². The highest BCUT2D eigenvalue weighted by Gasteiger charge is 2.37. The van der Waals surface area contributed by atoms with Crippen LogP contribution in [0.5, 0.6) is 0 Å². The van der Waals surface area contributed by atoms with E-state index in [0.29, 0.717) is 31.2 Å². The van der Waals surface area contributed by atoms with E-state index >= 15 is 0 Å². The molecule has 1 saturated carbocycles. The first-order valence-corrected chi connectivity index (χ1v) is 10.3. The zero-order valence-corrected chi connectivity index (χ0v) is 15.3. The third-order valence-corrected chi connectivity index (χ3v) is 5.99. The van der Waals surface area contributed by atoms with Gasteiger partial charge in [-0.1, -0.05) is 17.7 Å². The molecule has 132 valence electrons. The lowest BCUT2D eigenvalue weighted by Crippen LogP contribution is -2.52. The van der Waals surface area contributed by atoms with E-state index in [1.807, 2.05) is 24.3 Å². The van der Waals surface area contributed by atoms with Gasteiger partial charge in [-0.2, -0.15) is 4.31 Å². The Balaban J connectivity index is 1.57. The number of nitrogens with zero attached hydrogens (tertiary/aromatic N) is 3. The van der Waals surface area contributed by atoms with Crippen molar-refractivity contribution in [3.05, 3.63) is 29.3 Å². The van der Waals surface area contributed by atoms with Crippen LogP contribution in [0, 0.1) is 0 Å². The van der Waals surface area contributed by atoms with Gasteiger partial charge < -0.3 is 9.80 Å². The van der Waals surface area contributed by atoms with Crippen LogP contribution in [0.25, 0.3) is 0 Å². The number of benzene rings is 1. The van der Waals surface area contributed by atoms with Gasteiger partial charge in [-0.3, -0.25) is 4.79 Å². The highest BCUT2D eigenvalue weighted by molar-refractivity contribution is 7.88. The first kappa shape index (κ1) is 17.5. The number of amides is 1. The fraction of sp³-hybridized carbons (Fsp3) is 0.562. The lowest BCUT2D eigenvalue weighted by Gasteiger charge is -2.37. The second-order valence-electron chi connectivity index (χ2n) is 6.39. The number of sulfonamides is 1. The minimum Gasteiger partial charge on any atom is -0.368 e. The van der Waals surface area contributed by atoms with Crippen LogP contribution in [0.2, 0.25) is 5.02 Å². The molecule has 8 heteroatoms. The predicted octanol–water partition coefficient (Wildman–Crippen LogP) is 1.41. The molecule has 1 amide bonds. The molecule has 0 bridgehead atoms. The van der Waals surface area contributed by atoms with Gasteiger partial charge in [0.15, 0.2) is 0 Å². The Bertz CT molecular complexity index is 713. The Hall–Kier alpha value is -1.31. The van der Waals surface area contributed by atoms with E-state index in [1.54, 1.807) is 4.90 Å². The quantitative estimate of drug-likeness (QED) is 0.785. The topological polar surface area (TPSA) is 60.9 Å². The Kier molecular flexibility index (Phi) is 5.03. The van der Waals surface area contributed by atoms with Gasteiger partial charge in [0.25, 0.3) is 0 Å². The van der Waals surface area contributed by atoms with Crippen LogP contribution >= 0.6 is 11.6 Å². The second kappa shape index (κ2) is 6.90. The average molecular weight is 372 g/mol. The van der Waals surface area contributed by atoms with Gasteiger partial charge in [-0.05, 0) is 31.0 Å². The Labute approximate surface area is 148 Å². The summed E-state index contributed by atoms with van der Waals surface area (Å²) in [4.78, 5) is 16.4. The number of carbonyl (C=O) groups is 1. The summed E-state index contributed by atoms with van der Waals surface area (Å²) in [5, 5.41) is 0.694. The van der Waals surface area contributed by atoms with E-state index < -0.39 is 10.0 Å². The van der Waals surface area contributed by atoms with Gasteiger partial charge in [0.05, 0.1) is 12.8 Å². The van der Waals surface area contributed by atoms with Crippen molar-refractivity contribution in [2.45, 2.75) is 18.9 Å². The molecule has 2 fully saturated rings. The van der Waals surface area contributed by atoms with Crippen LogP contribution < -0.4 is 4.90 Å². The van der Waals surface area contributed by atoms with Gasteiger partial charge in [-0.15, -0.1) is 0 Å². The highest BCUT2D eigenvalue weighted by Crippen LogP contribution is 2.29. The molecule has 6 nitrogen and oxygen atoms in total. The van der Waals surface area contributed by atoms with E-state index in [1.165, 1.54) is 10.6 Å². The van der Waals surface area contributed by atoms with Crippen LogP contribution in [0.3, 0.4) is 0 Å². The molecule has 1 saturated heterocycles. The molecule has 3 rings (SSSR count). The number of hydrogen-bond donors (Lipinski definition) is 0. The lowest BCUT2D eigenvalue weighted by atomic mass is 10.2. The van der Waals surface area contributed by atoms with Gasteiger partial charge in [0.2, 0.25) is 15.9 Å². The van der Waals surface area contributed by atoms with Crippen LogP contribution in [-0.4, -0.2) is 68.6 Å². The molecule has 0 unspecified atom stereocenters. The molecule has 0 spiro atoms. The summed E-state index contributed by atoms with van der Waals surface area (Å²) in [6, 6.07) is 7.67. The van der Waals surface area contributed by atoms with E-state index in [-0.39, 0.29) is 18.5 Å². The molecule has 0 N–H and O–H groups in total.